The Morgan fingerprint density at radius 1 is 0.357 bits per heavy atom. The zero-order valence-corrected chi connectivity index (χ0v) is 38.1. The molecule has 0 bridgehead atoms. The van der Waals surface area contributed by atoms with Gasteiger partial charge in [0, 0.05) is 19.3 Å². The van der Waals surface area contributed by atoms with Gasteiger partial charge < -0.3 is 14.2 Å². The van der Waals surface area contributed by atoms with Crippen LogP contribution in [0.15, 0.2) is 0 Å². The first-order chi connectivity index (χ1) is 27.4. The Kier molecular flexibility index (Phi) is 43.2. The largest absolute Gasteiger partial charge is 0.462 e. The van der Waals surface area contributed by atoms with Gasteiger partial charge in [-0.1, -0.05) is 240 Å². The summed E-state index contributed by atoms with van der Waals surface area (Å²) in [5, 5.41) is 0. The zero-order chi connectivity index (χ0) is 41.0. The Hall–Kier alpha value is -1.59. The fraction of sp³-hybridized carbons (Fsp3) is 0.940. The Balaban J connectivity index is 4.07. The first kappa shape index (κ1) is 54.4. The molecule has 1 unspecified atom stereocenters. The number of hydrogen-bond acceptors (Lipinski definition) is 6. The molecule has 0 radical (unpaired) electrons. The van der Waals surface area contributed by atoms with E-state index in [1.807, 2.05) is 0 Å². The van der Waals surface area contributed by atoms with Crippen LogP contribution < -0.4 is 0 Å². The van der Waals surface area contributed by atoms with Crippen LogP contribution in [-0.2, 0) is 28.6 Å². The molecule has 2 atom stereocenters. The Labute approximate surface area is 348 Å². The Morgan fingerprint density at radius 3 is 0.929 bits per heavy atom. The lowest BCUT2D eigenvalue weighted by Gasteiger charge is -2.18. The van der Waals surface area contributed by atoms with Gasteiger partial charge in [-0.05, 0) is 25.2 Å². The molecule has 0 aliphatic carbocycles. The second-order valence-corrected chi connectivity index (χ2v) is 17.3. The quantitative estimate of drug-likeness (QED) is 0.0347. The maximum absolute atomic E-state index is 12.6. The minimum absolute atomic E-state index is 0.0645. The van der Waals surface area contributed by atoms with Gasteiger partial charge in [-0.25, -0.2) is 0 Å². The maximum Gasteiger partial charge on any atom is 0.306 e. The van der Waals surface area contributed by atoms with Crippen LogP contribution in [0.4, 0.5) is 0 Å². The molecule has 0 rings (SSSR count). The normalized spacial score (nSPS) is 12.4. The van der Waals surface area contributed by atoms with Crippen molar-refractivity contribution in [3.05, 3.63) is 0 Å². The van der Waals surface area contributed by atoms with E-state index in [-0.39, 0.29) is 31.1 Å². The summed E-state index contributed by atoms with van der Waals surface area (Å²) < 4.78 is 16.7. The predicted molar refractivity (Wildman–Crippen MR) is 238 cm³/mol. The third-order valence-electron chi connectivity index (χ3n) is 11.7. The van der Waals surface area contributed by atoms with Crippen LogP contribution in [0.2, 0.25) is 0 Å². The highest BCUT2D eigenvalue weighted by atomic mass is 16.6. The minimum Gasteiger partial charge on any atom is -0.462 e. The molecule has 0 saturated heterocycles. The van der Waals surface area contributed by atoms with Gasteiger partial charge in [0.1, 0.15) is 13.2 Å². The number of hydrogen-bond donors (Lipinski definition) is 0. The summed E-state index contributed by atoms with van der Waals surface area (Å²) in [6.45, 7) is 8.98. The molecule has 0 heterocycles. The molecule has 0 aromatic carbocycles. The second kappa shape index (κ2) is 44.5. The highest BCUT2D eigenvalue weighted by molar-refractivity contribution is 5.71. The van der Waals surface area contributed by atoms with Crippen LogP contribution in [0.5, 0.6) is 0 Å². The van der Waals surface area contributed by atoms with Crippen LogP contribution in [0.1, 0.15) is 278 Å². The summed E-state index contributed by atoms with van der Waals surface area (Å²) in [7, 11) is 0. The van der Waals surface area contributed by atoms with Crippen LogP contribution in [-0.4, -0.2) is 37.2 Å². The van der Waals surface area contributed by atoms with Crippen LogP contribution in [0, 0.1) is 5.92 Å². The first-order valence-corrected chi connectivity index (χ1v) is 24.9. The molecule has 0 aliphatic rings. The summed E-state index contributed by atoms with van der Waals surface area (Å²) in [6.07, 6.45) is 45.4. The lowest BCUT2D eigenvalue weighted by atomic mass is 9.99. The summed E-state index contributed by atoms with van der Waals surface area (Å²) in [5.74, 6) is 0.0335. The number of carbonyl (C=O) groups is 3. The lowest BCUT2D eigenvalue weighted by molar-refractivity contribution is -0.167. The van der Waals surface area contributed by atoms with Gasteiger partial charge in [-0.15, -0.1) is 0 Å². The number of ether oxygens (including phenoxy) is 3. The number of unbranched alkanes of at least 4 members (excludes halogenated alkanes) is 31. The molecule has 0 fully saturated rings. The third-order valence-corrected chi connectivity index (χ3v) is 11.7. The van der Waals surface area contributed by atoms with Crippen LogP contribution in [0.3, 0.4) is 0 Å². The van der Waals surface area contributed by atoms with Crippen molar-refractivity contribution in [1.82, 2.24) is 0 Å². The van der Waals surface area contributed by atoms with Gasteiger partial charge in [0.2, 0.25) is 0 Å². The van der Waals surface area contributed by atoms with E-state index in [9.17, 15) is 14.4 Å². The van der Waals surface area contributed by atoms with Crippen molar-refractivity contribution in [1.29, 1.82) is 0 Å². The maximum atomic E-state index is 12.6. The number of rotatable bonds is 45. The van der Waals surface area contributed by atoms with Crippen molar-refractivity contribution in [3.63, 3.8) is 0 Å². The molecule has 6 nitrogen and oxygen atoms in total. The number of carbonyl (C=O) groups excluding carboxylic acids is 3. The monoisotopic (exact) mass is 793 g/mol. The van der Waals surface area contributed by atoms with E-state index in [0.29, 0.717) is 19.3 Å². The second-order valence-electron chi connectivity index (χ2n) is 17.3. The predicted octanol–water partition coefficient (Wildman–Crippen LogP) is 15.9. The van der Waals surface area contributed by atoms with Crippen molar-refractivity contribution < 1.29 is 28.6 Å². The lowest BCUT2D eigenvalue weighted by Crippen LogP contribution is -2.30. The first-order valence-electron chi connectivity index (χ1n) is 24.9. The molecule has 0 aromatic rings. The Bertz CT molecular complexity index is 843. The highest BCUT2D eigenvalue weighted by Gasteiger charge is 2.19. The van der Waals surface area contributed by atoms with Crippen LogP contribution >= 0.6 is 0 Å². The standard InChI is InChI=1S/C50H96O6/c1-5-8-10-12-13-14-15-16-17-21-24-27-30-34-37-41-48(51)54-44-47(56-50(53)43-39-32-11-9-6-2)45-55-49(52)42-38-35-31-28-25-22-19-18-20-23-26-29-33-36-40-46(4)7-3/h46-47H,5-45H2,1-4H3/t46?,47-/m1/s1. The molecule has 332 valence electrons. The van der Waals surface area contributed by atoms with Gasteiger partial charge in [0.15, 0.2) is 6.10 Å². The van der Waals surface area contributed by atoms with Crippen molar-refractivity contribution in [3.8, 4) is 0 Å². The van der Waals surface area contributed by atoms with E-state index in [1.54, 1.807) is 0 Å². The average molecular weight is 793 g/mol. The SMILES string of the molecule is CCCCCCCCCCCCCCCCCC(=O)OC[C@H](COC(=O)CCCCCCCCCCCCCCCCC(C)CC)OC(=O)CCCCCCC. The van der Waals surface area contributed by atoms with Gasteiger partial charge in [0.05, 0.1) is 0 Å². The molecule has 0 N–H and O–H groups in total. The molecule has 0 spiro atoms. The summed E-state index contributed by atoms with van der Waals surface area (Å²) in [5.41, 5.74) is 0. The van der Waals surface area contributed by atoms with E-state index >= 15 is 0 Å². The molecule has 56 heavy (non-hydrogen) atoms. The molecule has 0 amide bonds. The van der Waals surface area contributed by atoms with Crippen molar-refractivity contribution in [2.45, 2.75) is 284 Å². The van der Waals surface area contributed by atoms with Crippen molar-refractivity contribution in [2.75, 3.05) is 13.2 Å². The fourth-order valence-electron chi connectivity index (χ4n) is 7.48. The molecule has 0 aromatic heterocycles. The minimum atomic E-state index is -0.758. The fourth-order valence-corrected chi connectivity index (χ4v) is 7.48. The topological polar surface area (TPSA) is 78.9 Å². The molecule has 0 saturated carbocycles. The third kappa shape index (κ3) is 42.0. The molecular formula is C50H96O6. The summed E-state index contributed by atoms with van der Waals surface area (Å²) in [6, 6.07) is 0. The van der Waals surface area contributed by atoms with Crippen molar-refractivity contribution >= 4 is 17.9 Å². The van der Waals surface area contributed by atoms with Gasteiger partial charge >= 0.3 is 17.9 Å². The Morgan fingerprint density at radius 2 is 0.625 bits per heavy atom. The van der Waals surface area contributed by atoms with E-state index in [2.05, 4.69) is 27.7 Å². The highest BCUT2D eigenvalue weighted by Crippen LogP contribution is 2.17. The number of esters is 3. The molecular weight excluding hydrogens is 697 g/mol. The van der Waals surface area contributed by atoms with Gasteiger partial charge in [-0.2, -0.15) is 0 Å². The van der Waals surface area contributed by atoms with E-state index < -0.39 is 6.10 Å². The van der Waals surface area contributed by atoms with Gasteiger partial charge in [0.25, 0.3) is 0 Å². The summed E-state index contributed by atoms with van der Waals surface area (Å²) in [4.78, 5) is 37.6. The summed E-state index contributed by atoms with van der Waals surface area (Å²) >= 11 is 0. The molecule has 0 aliphatic heterocycles. The van der Waals surface area contributed by atoms with E-state index in [4.69, 9.17) is 14.2 Å². The zero-order valence-electron chi connectivity index (χ0n) is 38.1. The van der Waals surface area contributed by atoms with E-state index in [0.717, 1.165) is 70.1 Å². The van der Waals surface area contributed by atoms with Crippen molar-refractivity contribution in [2.24, 2.45) is 5.92 Å². The molecule has 6 heteroatoms. The smallest absolute Gasteiger partial charge is 0.306 e. The average Bonchev–Trinajstić information content (AvgIpc) is 3.19. The van der Waals surface area contributed by atoms with Gasteiger partial charge in [-0.3, -0.25) is 14.4 Å². The van der Waals surface area contributed by atoms with E-state index in [1.165, 1.54) is 167 Å². The van der Waals surface area contributed by atoms with Crippen LogP contribution in [0.25, 0.3) is 0 Å².